The lowest BCUT2D eigenvalue weighted by atomic mass is 9.90. The van der Waals surface area contributed by atoms with Gasteiger partial charge in [0.15, 0.2) is 0 Å². The Morgan fingerprint density at radius 2 is 1.67 bits per heavy atom. The number of carbonyl (C=O) groups is 3. The fourth-order valence-corrected chi connectivity index (χ4v) is 3.34. The second-order valence-electron chi connectivity index (χ2n) is 6.83. The summed E-state index contributed by atoms with van der Waals surface area (Å²) < 4.78 is 0. The maximum Gasteiger partial charge on any atom is 0.328 e. The van der Waals surface area contributed by atoms with E-state index in [2.05, 4.69) is 0 Å². The second-order valence-corrected chi connectivity index (χ2v) is 6.83. The van der Waals surface area contributed by atoms with E-state index >= 15 is 0 Å². The third kappa shape index (κ3) is 3.62. The molecule has 3 amide bonds. The second kappa shape index (κ2) is 7.11. The summed E-state index contributed by atoms with van der Waals surface area (Å²) in [5, 5.41) is 9.10. The van der Waals surface area contributed by atoms with Crippen molar-refractivity contribution in [3.8, 4) is 0 Å². The molecule has 1 aliphatic heterocycles. The molecule has 27 heavy (non-hydrogen) atoms. The highest BCUT2D eigenvalue weighted by Gasteiger charge is 2.54. The topological polar surface area (TPSA) is 104 Å². The lowest BCUT2D eigenvalue weighted by molar-refractivity contribution is -0.143. The zero-order chi connectivity index (χ0) is 19.6. The number of carbonyl (C=O) groups excluding carboxylic acids is 2. The van der Waals surface area contributed by atoms with Crippen molar-refractivity contribution in [2.24, 2.45) is 0 Å². The number of anilines is 1. The Morgan fingerprint density at radius 1 is 1.04 bits per heavy atom. The molecule has 0 radical (unpaired) electrons. The highest BCUT2D eigenvalue weighted by molar-refractivity contribution is 6.08. The van der Waals surface area contributed by atoms with Crippen LogP contribution in [0.3, 0.4) is 0 Å². The van der Waals surface area contributed by atoms with Gasteiger partial charge >= 0.3 is 12.0 Å². The summed E-state index contributed by atoms with van der Waals surface area (Å²) in [6, 6.07) is 15.8. The molecule has 1 aliphatic rings. The first-order valence-electron chi connectivity index (χ1n) is 8.55. The molecule has 1 atom stereocenters. The minimum atomic E-state index is -1.23. The van der Waals surface area contributed by atoms with Gasteiger partial charge in [-0.15, -0.1) is 0 Å². The molecule has 7 heteroatoms. The summed E-state index contributed by atoms with van der Waals surface area (Å²) in [4.78, 5) is 39.3. The monoisotopic (exact) mass is 367 g/mol. The lowest BCUT2D eigenvalue weighted by Crippen LogP contribution is -2.48. The number of benzene rings is 2. The van der Waals surface area contributed by atoms with Crippen molar-refractivity contribution in [2.45, 2.75) is 25.4 Å². The van der Waals surface area contributed by atoms with Gasteiger partial charge in [-0.1, -0.05) is 42.5 Å². The van der Waals surface area contributed by atoms with E-state index in [9.17, 15) is 14.4 Å². The van der Waals surface area contributed by atoms with Gasteiger partial charge in [0.2, 0.25) is 0 Å². The molecule has 3 N–H and O–H groups in total. The first-order valence-corrected chi connectivity index (χ1v) is 8.55. The molecule has 2 aromatic carbocycles. The van der Waals surface area contributed by atoms with Crippen LogP contribution in [0.5, 0.6) is 0 Å². The molecule has 0 aromatic heterocycles. The van der Waals surface area contributed by atoms with Gasteiger partial charge in [0.05, 0.1) is 0 Å². The van der Waals surface area contributed by atoms with Gasteiger partial charge in [-0.3, -0.25) is 14.5 Å². The van der Waals surface area contributed by atoms with Crippen molar-refractivity contribution in [1.82, 2.24) is 9.80 Å². The molecule has 0 saturated carbocycles. The molecular formula is C20H21N3O4. The number of urea groups is 1. The van der Waals surface area contributed by atoms with Gasteiger partial charge in [0.25, 0.3) is 5.91 Å². The molecular weight excluding hydrogens is 346 g/mol. The number of nitrogens with zero attached hydrogens (tertiary/aromatic N) is 2. The first-order chi connectivity index (χ1) is 12.8. The Kier molecular flexibility index (Phi) is 4.85. The van der Waals surface area contributed by atoms with Gasteiger partial charge in [-0.05, 0) is 30.2 Å². The van der Waals surface area contributed by atoms with Crippen LogP contribution in [-0.2, 0) is 22.6 Å². The van der Waals surface area contributed by atoms with Crippen LogP contribution in [-0.4, -0.2) is 44.9 Å². The molecule has 1 heterocycles. The average molecular weight is 367 g/mol. The fourth-order valence-electron chi connectivity index (χ4n) is 3.34. The van der Waals surface area contributed by atoms with Gasteiger partial charge in [0.1, 0.15) is 12.1 Å². The van der Waals surface area contributed by atoms with E-state index in [0.717, 1.165) is 16.0 Å². The number of rotatable bonds is 6. The molecule has 1 saturated heterocycles. The zero-order valence-electron chi connectivity index (χ0n) is 15.0. The molecule has 140 valence electrons. The number of imide groups is 1. The quantitative estimate of drug-likeness (QED) is 0.601. The minimum absolute atomic E-state index is 0.215. The van der Waals surface area contributed by atoms with Gasteiger partial charge in [0, 0.05) is 18.7 Å². The molecule has 2 aromatic rings. The number of hydrogen-bond acceptors (Lipinski definition) is 4. The summed E-state index contributed by atoms with van der Waals surface area (Å²) in [6.07, 6.45) is 0.265. The maximum atomic E-state index is 13.0. The summed E-state index contributed by atoms with van der Waals surface area (Å²) in [5.74, 6) is -1.74. The molecule has 1 fully saturated rings. The predicted octanol–water partition coefficient (Wildman–Crippen LogP) is 2.12. The third-order valence-corrected chi connectivity index (χ3v) is 4.77. The highest BCUT2D eigenvalue weighted by Crippen LogP contribution is 2.33. The Bertz CT molecular complexity index is 867. The molecule has 7 nitrogen and oxygen atoms in total. The standard InChI is InChI=1S/C20H21N3O4/c1-20(11-14-7-9-16(21)10-8-14)18(26)22(13-17(24)25)19(27)23(20)12-15-5-3-2-4-6-15/h2-10H,11-13,21H2,1H3,(H,24,25)/t20-/m1/s1. The van der Waals surface area contributed by atoms with Crippen LogP contribution in [0.2, 0.25) is 0 Å². The maximum absolute atomic E-state index is 13.0. The number of nitrogen functional groups attached to an aromatic ring is 1. The number of aliphatic carboxylic acids is 1. The number of nitrogens with two attached hydrogens (primary N) is 1. The smallest absolute Gasteiger partial charge is 0.328 e. The van der Waals surface area contributed by atoms with E-state index in [-0.39, 0.29) is 13.0 Å². The van der Waals surface area contributed by atoms with Crippen LogP contribution in [0.4, 0.5) is 10.5 Å². The van der Waals surface area contributed by atoms with E-state index in [1.807, 2.05) is 30.3 Å². The minimum Gasteiger partial charge on any atom is -0.480 e. The van der Waals surface area contributed by atoms with Crippen molar-refractivity contribution in [3.05, 3.63) is 65.7 Å². The van der Waals surface area contributed by atoms with E-state index in [1.165, 1.54) is 4.90 Å². The van der Waals surface area contributed by atoms with Crippen LogP contribution in [0.1, 0.15) is 18.1 Å². The summed E-state index contributed by atoms with van der Waals surface area (Å²) in [6.45, 7) is 1.24. The Morgan fingerprint density at radius 3 is 2.26 bits per heavy atom. The molecule has 0 spiro atoms. The van der Waals surface area contributed by atoms with Crippen molar-refractivity contribution in [2.75, 3.05) is 12.3 Å². The molecule has 0 aliphatic carbocycles. The Labute approximate surface area is 157 Å². The average Bonchev–Trinajstić information content (AvgIpc) is 2.80. The fraction of sp³-hybridized carbons (Fsp3) is 0.250. The van der Waals surface area contributed by atoms with Crippen LogP contribution < -0.4 is 5.73 Å². The van der Waals surface area contributed by atoms with Gasteiger partial charge in [-0.2, -0.15) is 0 Å². The molecule has 0 unspecified atom stereocenters. The van der Waals surface area contributed by atoms with Crippen LogP contribution in [0.15, 0.2) is 54.6 Å². The SMILES string of the molecule is C[C@@]1(Cc2ccc(N)cc2)C(=O)N(CC(=O)O)C(=O)N1Cc1ccccc1. The Balaban J connectivity index is 1.96. The van der Waals surface area contributed by atoms with Crippen molar-refractivity contribution >= 4 is 23.6 Å². The van der Waals surface area contributed by atoms with Gasteiger partial charge in [-0.25, -0.2) is 4.79 Å². The number of carboxylic acid groups (broad SMARTS) is 1. The van der Waals surface area contributed by atoms with Crippen molar-refractivity contribution in [1.29, 1.82) is 0 Å². The number of hydrogen-bond donors (Lipinski definition) is 2. The predicted molar refractivity (Wildman–Crippen MR) is 99.7 cm³/mol. The molecule has 3 rings (SSSR count). The summed E-state index contributed by atoms with van der Waals surface area (Å²) in [5.41, 5.74) is 6.84. The van der Waals surface area contributed by atoms with E-state index in [0.29, 0.717) is 5.69 Å². The number of carboxylic acids is 1. The molecule has 0 bridgehead atoms. The Hall–Kier alpha value is -3.35. The van der Waals surface area contributed by atoms with E-state index < -0.39 is 30.0 Å². The first kappa shape index (κ1) is 18.4. The van der Waals surface area contributed by atoms with Crippen LogP contribution in [0, 0.1) is 0 Å². The third-order valence-electron chi connectivity index (χ3n) is 4.77. The number of amides is 3. The lowest BCUT2D eigenvalue weighted by Gasteiger charge is -2.32. The van der Waals surface area contributed by atoms with E-state index in [1.54, 1.807) is 31.2 Å². The van der Waals surface area contributed by atoms with Crippen LogP contribution >= 0.6 is 0 Å². The highest BCUT2D eigenvalue weighted by atomic mass is 16.4. The van der Waals surface area contributed by atoms with Crippen molar-refractivity contribution < 1.29 is 19.5 Å². The summed E-state index contributed by atoms with van der Waals surface area (Å²) in [7, 11) is 0. The summed E-state index contributed by atoms with van der Waals surface area (Å²) >= 11 is 0. The van der Waals surface area contributed by atoms with Crippen molar-refractivity contribution in [3.63, 3.8) is 0 Å². The van der Waals surface area contributed by atoms with E-state index in [4.69, 9.17) is 10.8 Å². The van der Waals surface area contributed by atoms with Gasteiger partial charge < -0.3 is 15.7 Å². The zero-order valence-corrected chi connectivity index (χ0v) is 15.0. The largest absolute Gasteiger partial charge is 0.480 e. The van der Waals surface area contributed by atoms with Crippen LogP contribution in [0.25, 0.3) is 0 Å². The normalized spacial score (nSPS) is 19.6.